The molecule has 5 heteroatoms. The number of aromatic nitrogens is 1. The lowest BCUT2D eigenvalue weighted by Crippen LogP contribution is -1.91. The summed E-state index contributed by atoms with van der Waals surface area (Å²) in [6, 6.07) is 7.80. The van der Waals surface area contributed by atoms with Gasteiger partial charge in [-0.3, -0.25) is 4.98 Å². The Balaban J connectivity index is 2.03. The van der Waals surface area contributed by atoms with Crippen molar-refractivity contribution in [2.75, 3.05) is 5.73 Å². The molecule has 0 amide bonds. The quantitative estimate of drug-likeness (QED) is 0.715. The molecule has 0 atom stereocenters. The maximum Gasteiger partial charge on any atom is 0.167 e. The summed E-state index contributed by atoms with van der Waals surface area (Å²) < 4.78 is 20.0. The average Bonchev–Trinajstić information content (AvgIpc) is 2.82. The molecule has 3 aromatic rings. The Hall–Kier alpha value is -2.14. The smallest absolute Gasteiger partial charge is 0.167 e. The molecule has 0 aliphatic heterocycles. The normalized spacial score (nSPS) is 10.7. The second-order valence-corrected chi connectivity index (χ2v) is 4.53. The summed E-state index contributed by atoms with van der Waals surface area (Å²) in [7, 11) is 0. The predicted molar refractivity (Wildman–Crippen MR) is 69.3 cm³/mol. The van der Waals surface area contributed by atoms with Gasteiger partial charge in [-0.1, -0.05) is 0 Å². The van der Waals surface area contributed by atoms with E-state index in [1.807, 2.05) is 0 Å². The van der Waals surface area contributed by atoms with Gasteiger partial charge in [-0.05, 0) is 18.2 Å². The van der Waals surface area contributed by atoms with Crippen LogP contribution in [0, 0.1) is 11.2 Å². The number of fused-ring (bicyclic) bond motifs is 1. The van der Waals surface area contributed by atoms with Gasteiger partial charge in [-0.2, -0.15) is 0 Å². The SMILES string of the molecule is Nc1ccc(Oc2ccnc3c[c]sc23)c(F)c1. The molecule has 0 fully saturated rings. The first-order valence-corrected chi connectivity index (χ1v) is 6.03. The number of benzene rings is 1. The summed E-state index contributed by atoms with van der Waals surface area (Å²) in [6.45, 7) is 0. The number of nitrogens with zero attached hydrogens (tertiary/aromatic N) is 1. The van der Waals surface area contributed by atoms with Crippen molar-refractivity contribution in [1.82, 2.24) is 4.98 Å². The molecule has 3 rings (SSSR count). The Morgan fingerprint density at radius 3 is 3.00 bits per heavy atom. The van der Waals surface area contributed by atoms with Crippen LogP contribution in [0.2, 0.25) is 0 Å². The van der Waals surface area contributed by atoms with Crippen molar-refractivity contribution in [2.24, 2.45) is 0 Å². The second-order valence-electron chi connectivity index (χ2n) is 3.68. The Kier molecular flexibility index (Phi) is 2.60. The minimum atomic E-state index is -0.486. The maximum atomic E-state index is 13.6. The van der Waals surface area contributed by atoms with Crippen LogP contribution in [0.5, 0.6) is 11.5 Å². The van der Waals surface area contributed by atoms with Gasteiger partial charge in [0.15, 0.2) is 11.6 Å². The van der Waals surface area contributed by atoms with E-state index in [1.165, 1.54) is 23.5 Å². The van der Waals surface area contributed by atoms with Gasteiger partial charge in [0.1, 0.15) is 5.75 Å². The molecule has 0 unspecified atom stereocenters. The first kappa shape index (κ1) is 11.0. The minimum Gasteiger partial charge on any atom is -0.453 e. The van der Waals surface area contributed by atoms with Crippen molar-refractivity contribution >= 4 is 27.2 Å². The zero-order valence-electron chi connectivity index (χ0n) is 9.18. The number of pyridine rings is 1. The number of hydrogen-bond donors (Lipinski definition) is 1. The van der Waals surface area contributed by atoms with Gasteiger partial charge < -0.3 is 10.5 Å². The number of nitrogens with two attached hydrogens (primary N) is 1. The van der Waals surface area contributed by atoms with Crippen LogP contribution in [0.25, 0.3) is 10.2 Å². The van der Waals surface area contributed by atoms with E-state index in [9.17, 15) is 4.39 Å². The van der Waals surface area contributed by atoms with E-state index in [1.54, 1.807) is 24.4 Å². The number of nitrogen functional groups attached to an aromatic ring is 1. The molecule has 18 heavy (non-hydrogen) atoms. The molecular formula is C13H8FN2OS. The number of rotatable bonds is 2. The molecule has 0 bridgehead atoms. The number of halogens is 1. The lowest BCUT2D eigenvalue weighted by molar-refractivity contribution is 0.447. The molecule has 2 aromatic heterocycles. The van der Waals surface area contributed by atoms with Crippen LogP contribution in [0.1, 0.15) is 0 Å². The van der Waals surface area contributed by atoms with E-state index in [0.29, 0.717) is 11.4 Å². The van der Waals surface area contributed by atoms with Crippen molar-refractivity contribution in [2.45, 2.75) is 0 Å². The van der Waals surface area contributed by atoms with Crippen LogP contribution >= 0.6 is 11.3 Å². The zero-order valence-corrected chi connectivity index (χ0v) is 10.00. The molecule has 0 saturated carbocycles. The van der Waals surface area contributed by atoms with Crippen LogP contribution in [0.15, 0.2) is 36.5 Å². The summed E-state index contributed by atoms with van der Waals surface area (Å²) in [5, 5.41) is 2.97. The lowest BCUT2D eigenvalue weighted by atomic mass is 10.3. The van der Waals surface area contributed by atoms with Gasteiger partial charge >= 0.3 is 0 Å². The third-order valence-corrected chi connectivity index (χ3v) is 3.28. The van der Waals surface area contributed by atoms with Crippen molar-refractivity contribution in [3.8, 4) is 11.5 Å². The number of anilines is 1. The Labute approximate surface area is 107 Å². The minimum absolute atomic E-state index is 0.144. The lowest BCUT2D eigenvalue weighted by Gasteiger charge is -2.07. The molecule has 89 valence electrons. The molecular weight excluding hydrogens is 251 g/mol. The van der Waals surface area contributed by atoms with Crippen LogP contribution in [0.4, 0.5) is 10.1 Å². The molecule has 3 nitrogen and oxygen atoms in total. The summed E-state index contributed by atoms with van der Waals surface area (Å²) in [4.78, 5) is 4.17. The van der Waals surface area contributed by atoms with Crippen molar-refractivity contribution in [3.05, 3.63) is 47.7 Å². The maximum absolute atomic E-state index is 13.6. The highest BCUT2D eigenvalue weighted by atomic mass is 32.1. The summed E-state index contributed by atoms with van der Waals surface area (Å²) in [5.74, 6) is 0.223. The van der Waals surface area contributed by atoms with Gasteiger partial charge in [-0.25, -0.2) is 4.39 Å². The van der Waals surface area contributed by atoms with Crippen LogP contribution in [0.3, 0.4) is 0 Å². The van der Waals surface area contributed by atoms with Crippen LogP contribution in [-0.4, -0.2) is 4.98 Å². The van der Waals surface area contributed by atoms with E-state index < -0.39 is 5.82 Å². The summed E-state index contributed by atoms with van der Waals surface area (Å²) in [5.41, 5.74) is 6.64. The monoisotopic (exact) mass is 259 g/mol. The third kappa shape index (κ3) is 1.89. The molecule has 0 spiro atoms. The van der Waals surface area contributed by atoms with Gasteiger partial charge in [-0.15, -0.1) is 11.3 Å². The molecule has 2 heterocycles. The zero-order chi connectivity index (χ0) is 12.5. The van der Waals surface area contributed by atoms with Crippen LogP contribution < -0.4 is 10.5 Å². The first-order chi connectivity index (χ1) is 8.74. The Morgan fingerprint density at radius 2 is 2.17 bits per heavy atom. The highest BCUT2D eigenvalue weighted by Crippen LogP contribution is 2.33. The highest BCUT2D eigenvalue weighted by Gasteiger charge is 2.09. The fraction of sp³-hybridized carbons (Fsp3) is 0. The molecule has 0 saturated heterocycles. The largest absolute Gasteiger partial charge is 0.453 e. The van der Waals surface area contributed by atoms with Crippen molar-refractivity contribution in [1.29, 1.82) is 0 Å². The molecule has 2 N–H and O–H groups in total. The van der Waals surface area contributed by atoms with Gasteiger partial charge in [0.2, 0.25) is 0 Å². The third-order valence-electron chi connectivity index (χ3n) is 2.43. The van der Waals surface area contributed by atoms with E-state index in [0.717, 1.165) is 10.2 Å². The van der Waals surface area contributed by atoms with E-state index >= 15 is 0 Å². The first-order valence-electron chi connectivity index (χ1n) is 5.21. The van der Waals surface area contributed by atoms with Gasteiger partial charge in [0.25, 0.3) is 0 Å². The van der Waals surface area contributed by atoms with E-state index in [2.05, 4.69) is 10.4 Å². The second kappa shape index (κ2) is 4.27. The number of thiophene rings is 1. The van der Waals surface area contributed by atoms with Gasteiger partial charge in [0.05, 0.1) is 10.2 Å². The van der Waals surface area contributed by atoms with Crippen molar-refractivity contribution in [3.63, 3.8) is 0 Å². The summed E-state index contributed by atoms with van der Waals surface area (Å²) in [6.07, 6.45) is 1.62. The fourth-order valence-corrected chi connectivity index (χ4v) is 2.31. The standard InChI is InChI=1S/C13H8FN2OS/c14-9-7-8(15)1-2-11(9)17-12-3-5-16-10-4-6-18-13(10)12/h1-5,7H,15H2. The molecule has 0 aliphatic carbocycles. The topological polar surface area (TPSA) is 48.1 Å². The highest BCUT2D eigenvalue weighted by molar-refractivity contribution is 7.17. The predicted octanol–water partition coefficient (Wildman–Crippen LogP) is 3.61. The summed E-state index contributed by atoms with van der Waals surface area (Å²) >= 11 is 1.38. The van der Waals surface area contributed by atoms with Crippen molar-refractivity contribution < 1.29 is 9.13 Å². The Bertz CT molecular complexity index is 711. The van der Waals surface area contributed by atoms with Gasteiger partial charge in [0, 0.05) is 29.4 Å². The fourth-order valence-electron chi connectivity index (χ4n) is 1.59. The van der Waals surface area contributed by atoms with E-state index in [4.69, 9.17) is 10.5 Å². The van der Waals surface area contributed by atoms with E-state index in [-0.39, 0.29) is 5.75 Å². The number of ether oxygens (including phenoxy) is 1. The van der Waals surface area contributed by atoms with Crippen LogP contribution in [-0.2, 0) is 0 Å². The molecule has 1 radical (unpaired) electrons. The average molecular weight is 259 g/mol. The number of hydrogen-bond acceptors (Lipinski definition) is 4. The molecule has 0 aliphatic rings. The molecule has 1 aromatic carbocycles. The Morgan fingerprint density at radius 1 is 1.28 bits per heavy atom.